The zero-order valence-electron chi connectivity index (χ0n) is 13.4. The summed E-state index contributed by atoms with van der Waals surface area (Å²) in [6.07, 6.45) is 1.64. The molecule has 0 saturated carbocycles. The first-order valence-corrected chi connectivity index (χ1v) is 7.54. The molecule has 2 rings (SSSR count). The lowest BCUT2D eigenvalue weighted by molar-refractivity contribution is -0.144. The first-order chi connectivity index (χ1) is 11.2. The Hall–Kier alpha value is -2.05. The Morgan fingerprint density at radius 3 is 2.91 bits per heavy atom. The minimum absolute atomic E-state index is 0.156. The van der Waals surface area contributed by atoms with Crippen molar-refractivity contribution in [3.8, 4) is 0 Å². The molecule has 1 aromatic heterocycles. The number of pyridine rings is 1. The van der Waals surface area contributed by atoms with Crippen LogP contribution in [0.25, 0.3) is 10.9 Å². The van der Waals surface area contributed by atoms with Crippen molar-refractivity contribution in [1.29, 1.82) is 0 Å². The second kappa shape index (κ2) is 8.55. The Morgan fingerprint density at radius 2 is 2.17 bits per heavy atom. The molecular weight excluding hydrogens is 299 g/mol. The molecule has 0 spiro atoms. The van der Waals surface area contributed by atoms with Crippen LogP contribution in [-0.2, 0) is 20.8 Å². The highest BCUT2D eigenvalue weighted by molar-refractivity contribution is 5.82. The van der Waals surface area contributed by atoms with Crippen molar-refractivity contribution in [1.82, 2.24) is 9.88 Å². The number of carbonyl (C=O) groups is 1. The standard InChI is InChI=1S/C17H21FN2O3/c1-3-23-16(21)12-20(9-10-22-2)11-13-6-7-15(18)14-5-4-8-19-17(13)14/h4-8H,3,9-12H2,1-2H3. The van der Waals surface area contributed by atoms with Crippen molar-refractivity contribution in [2.75, 3.05) is 33.4 Å². The van der Waals surface area contributed by atoms with Crippen molar-refractivity contribution in [3.05, 3.63) is 41.8 Å². The van der Waals surface area contributed by atoms with E-state index in [1.807, 2.05) is 4.90 Å². The predicted molar refractivity (Wildman–Crippen MR) is 85.5 cm³/mol. The molecular formula is C17H21FN2O3. The van der Waals surface area contributed by atoms with Gasteiger partial charge in [0.1, 0.15) is 5.82 Å². The van der Waals surface area contributed by atoms with Crippen LogP contribution in [0.3, 0.4) is 0 Å². The fourth-order valence-electron chi connectivity index (χ4n) is 2.39. The number of hydrogen-bond acceptors (Lipinski definition) is 5. The van der Waals surface area contributed by atoms with Crippen LogP contribution in [0.5, 0.6) is 0 Å². The molecule has 0 aliphatic heterocycles. The number of methoxy groups -OCH3 is 1. The van der Waals surface area contributed by atoms with E-state index in [9.17, 15) is 9.18 Å². The lowest BCUT2D eigenvalue weighted by atomic mass is 10.1. The van der Waals surface area contributed by atoms with Crippen LogP contribution in [0.1, 0.15) is 12.5 Å². The van der Waals surface area contributed by atoms with Gasteiger partial charge in [-0.05, 0) is 30.7 Å². The lowest BCUT2D eigenvalue weighted by Gasteiger charge is -2.21. The van der Waals surface area contributed by atoms with E-state index in [0.29, 0.717) is 37.2 Å². The summed E-state index contributed by atoms with van der Waals surface area (Å²) in [6, 6.07) is 6.54. The summed E-state index contributed by atoms with van der Waals surface area (Å²) < 4.78 is 24.0. The second-order valence-corrected chi connectivity index (χ2v) is 5.11. The third-order valence-corrected chi connectivity index (χ3v) is 3.46. The number of fused-ring (bicyclic) bond motifs is 1. The number of rotatable bonds is 8. The zero-order chi connectivity index (χ0) is 16.7. The topological polar surface area (TPSA) is 51.7 Å². The summed E-state index contributed by atoms with van der Waals surface area (Å²) in [5, 5.41) is 0.479. The van der Waals surface area contributed by atoms with Gasteiger partial charge in [0, 0.05) is 31.8 Å². The molecule has 5 nitrogen and oxygen atoms in total. The first kappa shape index (κ1) is 17.3. The van der Waals surface area contributed by atoms with Crippen LogP contribution in [0.15, 0.2) is 30.5 Å². The Kier molecular flexibility index (Phi) is 6.43. The molecule has 23 heavy (non-hydrogen) atoms. The highest BCUT2D eigenvalue weighted by Crippen LogP contribution is 2.21. The first-order valence-electron chi connectivity index (χ1n) is 7.54. The molecule has 0 bridgehead atoms. The molecule has 0 N–H and O–H groups in total. The average Bonchev–Trinajstić information content (AvgIpc) is 2.55. The fraction of sp³-hybridized carbons (Fsp3) is 0.412. The van der Waals surface area contributed by atoms with Crippen LogP contribution >= 0.6 is 0 Å². The van der Waals surface area contributed by atoms with Gasteiger partial charge >= 0.3 is 5.97 Å². The molecule has 0 saturated heterocycles. The Bertz CT molecular complexity index is 663. The molecule has 0 radical (unpaired) electrons. The number of aromatic nitrogens is 1. The molecule has 1 heterocycles. The molecule has 124 valence electrons. The largest absolute Gasteiger partial charge is 0.465 e. The van der Waals surface area contributed by atoms with Crippen LogP contribution in [-0.4, -0.2) is 49.3 Å². The molecule has 0 fully saturated rings. The van der Waals surface area contributed by atoms with Gasteiger partial charge in [0.25, 0.3) is 0 Å². The van der Waals surface area contributed by atoms with Crippen molar-refractivity contribution in [2.24, 2.45) is 0 Å². The molecule has 1 aromatic carbocycles. The van der Waals surface area contributed by atoms with Crippen LogP contribution < -0.4 is 0 Å². The van der Waals surface area contributed by atoms with E-state index in [4.69, 9.17) is 9.47 Å². The number of esters is 1. The number of ether oxygens (including phenoxy) is 2. The quantitative estimate of drug-likeness (QED) is 0.699. The van der Waals surface area contributed by atoms with Crippen LogP contribution in [0.2, 0.25) is 0 Å². The molecule has 2 aromatic rings. The monoisotopic (exact) mass is 320 g/mol. The van der Waals surface area contributed by atoms with Gasteiger partial charge in [-0.25, -0.2) is 4.39 Å². The van der Waals surface area contributed by atoms with Crippen molar-refractivity contribution >= 4 is 16.9 Å². The van der Waals surface area contributed by atoms with E-state index >= 15 is 0 Å². The van der Waals surface area contributed by atoms with Gasteiger partial charge in [-0.2, -0.15) is 0 Å². The number of nitrogens with zero attached hydrogens (tertiary/aromatic N) is 2. The summed E-state index contributed by atoms with van der Waals surface area (Å²) in [6.45, 7) is 3.80. The van der Waals surface area contributed by atoms with E-state index < -0.39 is 0 Å². The molecule has 0 aliphatic rings. The number of carbonyl (C=O) groups excluding carboxylic acids is 1. The van der Waals surface area contributed by atoms with Gasteiger partial charge in [0.15, 0.2) is 0 Å². The molecule has 0 amide bonds. The van der Waals surface area contributed by atoms with Crippen molar-refractivity contribution in [2.45, 2.75) is 13.5 Å². The normalized spacial score (nSPS) is 11.1. The Balaban J connectivity index is 2.21. The van der Waals surface area contributed by atoms with Gasteiger partial charge in [-0.3, -0.25) is 14.7 Å². The van der Waals surface area contributed by atoms with E-state index in [2.05, 4.69) is 4.98 Å². The molecule has 6 heteroatoms. The van der Waals surface area contributed by atoms with E-state index in [1.54, 1.807) is 38.4 Å². The van der Waals surface area contributed by atoms with Gasteiger partial charge in [0.05, 0.1) is 25.3 Å². The number of hydrogen-bond donors (Lipinski definition) is 0. The predicted octanol–water partition coefficient (Wildman–Crippen LogP) is 2.39. The van der Waals surface area contributed by atoms with Crippen LogP contribution in [0, 0.1) is 5.82 Å². The van der Waals surface area contributed by atoms with Crippen molar-refractivity contribution in [3.63, 3.8) is 0 Å². The molecule has 0 aliphatic carbocycles. The zero-order valence-corrected chi connectivity index (χ0v) is 13.4. The Morgan fingerprint density at radius 1 is 1.35 bits per heavy atom. The summed E-state index contributed by atoms with van der Waals surface area (Å²) in [5.74, 6) is -0.589. The molecule has 0 unspecified atom stereocenters. The number of halogens is 1. The third-order valence-electron chi connectivity index (χ3n) is 3.46. The van der Waals surface area contributed by atoms with Crippen LogP contribution in [0.4, 0.5) is 4.39 Å². The lowest BCUT2D eigenvalue weighted by Crippen LogP contribution is -2.33. The van der Waals surface area contributed by atoms with Crippen molar-refractivity contribution < 1.29 is 18.7 Å². The highest BCUT2D eigenvalue weighted by Gasteiger charge is 2.15. The molecule has 0 atom stereocenters. The maximum Gasteiger partial charge on any atom is 0.320 e. The average molecular weight is 320 g/mol. The highest BCUT2D eigenvalue weighted by atomic mass is 19.1. The van der Waals surface area contributed by atoms with E-state index in [0.717, 1.165) is 5.56 Å². The van der Waals surface area contributed by atoms with Gasteiger partial charge < -0.3 is 9.47 Å². The minimum Gasteiger partial charge on any atom is -0.465 e. The van der Waals surface area contributed by atoms with E-state index in [1.165, 1.54) is 6.07 Å². The van der Waals surface area contributed by atoms with E-state index in [-0.39, 0.29) is 18.3 Å². The summed E-state index contributed by atoms with van der Waals surface area (Å²) in [4.78, 5) is 17.9. The SMILES string of the molecule is CCOC(=O)CN(CCOC)Cc1ccc(F)c2cccnc12. The summed E-state index contributed by atoms with van der Waals surface area (Å²) in [7, 11) is 1.61. The fourth-order valence-corrected chi connectivity index (χ4v) is 2.39. The number of benzene rings is 1. The minimum atomic E-state index is -0.300. The Labute approximate surface area is 135 Å². The summed E-state index contributed by atoms with van der Waals surface area (Å²) >= 11 is 0. The third kappa shape index (κ3) is 4.71. The maximum atomic E-state index is 13.9. The van der Waals surface area contributed by atoms with Gasteiger partial charge in [0.2, 0.25) is 0 Å². The van der Waals surface area contributed by atoms with Gasteiger partial charge in [-0.1, -0.05) is 6.07 Å². The smallest absolute Gasteiger partial charge is 0.320 e. The second-order valence-electron chi connectivity index (χ2n) is 5.11. The summed E-state index contributed by atoms with van der Waals surface area (Å²) in [5.41, 5.74) is 1.47. The van der Waals surface area contributed by atoms with Gasteiger partial charge in [-0.15, -0.1) is 0 Å². The maximum absolute atomic E-state index is 13.9.